The molecule has 116 valence electrons. The van der Waals surface area contributed by atoms with Crippen LogP contribution in [-0.2, 0) is 4.74 Å². The van der Waals surface area contributed by atoms with Crippen molar-refractivity contribution in [2.24, 2.45) is 5.73 Å². The van der Waals surface area contributed by atoms with Crippen molar-refractivity contribution in [3.8, 4) is 0 Å². The van der Waals surface area contributed by atoms with Crippen LogP contribution in [0, 0.1) is 0 Å². The summed E-state index contributed by atoms with van der Waals surface area (Å²) in [4.78, 5) is 11.7. The van der Waals surface area contributed by atoms with E-state index in [1.54, 1.807) is 0 Å². The van der Waals surface area contributed by atoms with Crippen LogP contribution in [0.15, 0.2) is 24.3 Å². The van der Waals surface area contributed by atoms with Crippen molar-refractivity contribution >= 4 is 6.09 Å². The highest BCUT2D eigenvalue weighted by atomic mass is 16.6. The Morgan fingerprint density at radius 1 is 1.33 bits per heavy atom. The van der Waals surface area contributed by atoms with E-state index in [0.717, 1.165) is 11.5 Å². The van der Waals surface area contributed by atoms with Crippen molar-refractivity contribution in [2.45, 2.75) is 51.0 Å². The molecule has 1 aliphatic carbocycles. The Morgan fingerprint density at radius 3 is 2.43 bits per heavy atom. The van der Waals surface area contributed by atoms with Crippen molar-refractivity contribution in [3.05, 3.63) is 35.4 Å². The second kappa shape index (κ2) is 6.48. The number of hydrogen-bond acceptors (Lipinski definition) is 3. The summed E-state index contributed by atoms with van der Waals surface area (Å²) in [5.41, 5.74) is 7.93. The van der Waals surface area contributed by atoms with E-state index in [4.69, 9.17) is 10.5 Å². The number of alkyl carbamates (subject to hydrolysis) is 1. The van der Waals surface area contributed by atoms with Crippen molar-refractivity contribution in [3.63, 3.8) is 0 Å². The zero-order valence-corrected chi connectivity index (χ0v) is 13.2. The predicted molar refractivity (Wildman–Crippen MR) is 84.4 cm³/mol. The van der Waals surface area contributed by atoms with Gasteiger partial charge in [0.25, 0.3) is 0 Å². The second-order valence-corrected chi connectivity index (χ2v) is 6.76. The third-order valence-electron chi connectivity index (χ3n) is 3.63. The third-order valence-corrected chi connectivity index (χ3v) is 3.63. The molecule has 1 amide bonds. The number of rotatable bonds is 5. The molecule has 1 aliphatic rings. The average molecular weight is 290 g/mol. The molecule has 21 heavy (non-hydrogen) atoms. The van der Waals surface area contributed by atoms with Gasteiger partial charge in [-0.25, -0.2) is 4.79 Å². The van der Waals surface area contributed by atoms with Gasteiger partial charge in [-0.2, -0.15) is 0 Å². The lowest BCUT2D eigenvalue weighted by Gasteiger charge is -2.21. The number of nitrogens with two attached hydrogens (primary N) is 1. The number of carbonyl (C=O) groups excluding carboxylic acids is 1. The highest BCUT2D eigenvalue weighted by molar-refractivity contribution is 5.67. The Kier molecular flexibility index (Phi) is 4.88. The van der Waals surface area contributed by atoms with Crippen molar-refractivity contribution in [1.29, 1.82) is 0 Å². The fourth-order valence-electron chi connectivity index (χ4n) is 2.31. The maximum absolute atomic E-state index is 11.7. The van der Waals surface area contributed by atoms with Crippen molar-refractivity contribution in [2.75, 3.05) is 13.1 Å². The van der Waals surface area contributed by atoms with Crippen LogP contribution in [0.2, 0.25) is 0 Å². The minimum Gasteiger partial charge on any atom is -0.444 e. The maximum atomic E-state index is 11.7. The Morgan fingerprint density at radius 2 is 1.95 bits per heavy atom. The molecular formula is C17H26N2O2. The molecule has 1 saturated carbocycles. The van der Waals surface area contributed by atoms with Crippen LogP contribution in [0.4, 0.5) is 4.79 Å². The summed E-state index contributed by atoms with van der Waals surface area (Å²) >= 11 is 0. The van der Waals surface area contributed by atoms with Gasteiger partial charge in [-0.3, -0.25) is 0 Å². The molecule has 4 heteroatoms. The number of hydrogen-bond donors (Lipinski definition) is 2. The summed E-state index contributed by atoms with van der Waals surface area (Å²) < 4.78 is 5.24. The van der Waals surface area contributed by atoms with E-state index in [1.165, 1.54) is 18.4 Å². The number of carbonyl (C=O) groups is 1. The summed E-state index contributed by atoms with van der Waals surface area (Å²) in [7, 11) is 0. The molecule has 0 aliphatic heterocycles. The predicted octanol–water partition coefficient (Wildman–Crippen LogP) is 3.13. The standard InChI is InChI=1S/C17H26N2O2/c1-17(2,3)21-16(20)19-11-15(10-18)14-8-6-13(7-9-14)12-4-5-12/h6-9,12,15H,4-5,10-11,18H2,1-3H3,(H,19,20). The van der Waals surface area contributed by atoms with E-state index >= 15 is 0 Å². The zero-order chi connectivity index (χ0) is 15.5. The fraction of sp³-hybridized carbons (Fsp3) is 0.588. The van der Waals surface area contributed by atoms with E-state index in [1.807, 2.05) is 20.8 Å². The Bertz CT molecular complexity index is 473. The van der Waals surface area contributed by atoms with Crippen LogP contribution >= 0.6 is 0 Å². The van der Waals surface area contributed by atoms with Crippen LogP contribution < -0.4 is 11.1 Å². The number of benzene rings is 1. The molecule has 0 radical (unpaired) electrons. The quantitative estimate of drug-likeness (QED) is 0.875. The molecule has 3 N–H and O–H groups in total. The molecule has 1 aromatic rings. The minimum atomic E-state index is -0.478. The molecule has 4 nitrogen and oxygen atoms in total. The molecule has 0 spiro atoms. The van der Waals surface area contributed by atoms with E-state index in [2.05, 4.69) is 29.6 Å². The minimum absolute atomic E-state index is 0.116. The van der Waals surface area contributed by atoms with E-state index < -0.39 is 11.7 Å². The highest BCUT2D eigenvalue weighted by Gasteiger charge is 2.23. The summed E-state index contributed by atoms with van der Waals surface area (Å²) in [6.07, 6.45) is 2.22. The smallest absolute Gasteiger partial charge is 0.407 e. The molecule has 0 saturated heterocycles. The largest absolute Gasteiger partial charge is 0.444 e. The van der Waals surface area contributed by atoms with Crippen LogP contribution in [-0.4, -0.2) is 24.8 Å². The van der Waals surface area contributed by atoms with E-state index in [-0.39, 0.29) is 5.92 Å². The molecule has 0 heterocycles. The van der Waals surface area contributed by atoms with Gasteiger partial charge in [-0.15, -0.1) is 0 Å². The molecule has 0 aromatic heterocycles. The summed E-state index contributed by atoms with van der Waals surface area (Å²) in [5, 5.41) is 2.80. The van der Waals surface area contributed by atoms with Gasteiger partial charge in [0, 0.05) is 19.0 Å². The first-order chi connectivity index (χ1) is 9.89. The lowest BCUT2D eigenvalue weighted by molar-refractivity contribution is 0.0525. The van der Waals surface area contributed by atoms with Gasteiger partial charge in [-0.05, 0) is 50.7 Å². The van der Waals surface area contributed by atoms with Gasteiger partial charge < -0.3 is 15.8 Å². The highest BCUT2D eigenvalue weighted by Crippen LogP contribution is 2.40. The Balaban J connectivity index is 1.88. The van der Waals surface area contributed by atoms with Gasteiger partial charge in [0.15, 0.2) is 0 Å². The fourth-order valence-corrected chi connectivity index (χ4v) is 2.31. The molecule has 1 aromatic carbocycles. The summed E-state index contributed by atoms with van der Waals surface area (Å²) in [6, 6.07) is 8.62. The monoisotopic (exact) mass is 290 g/mol. The number of nitrogens with one attached hydrogen (secondary N) is 1. The second-order valence-electron chi connectivity index (χ2n) is 6.76. The molecule has 1 fully saturated rings. The van der Waals surface area contributed by atoms with Crippen molar-refractivity contribution < 1.29 is 9.53 Å². The zero-order valence-electron chi connectivity index (χ0n) is 13.2. The molecule has 1 atom stereocenters. The van der Waals surface area contributed by atoms with Gasteiger partial charge >= 0.3 is 6.09 Å². The first-order valence-corrected chi connectivity index (χ1v) is 7.66. The lowest BCUT2D eigenvalue weighted by Crippen LogP contribution is -2.36. The maximum Gasteiger partial charge on any atom is 0.407 e. The van der Waals surface area contributed by atoms with Gasteiger partial charge in [0.05, 0.1) is 0 Å². The van der Waals surface area contributed by atoms with Gasteiger partial charge in [0.2, 0.25) is 0 Å². The topological polar surface area (TPSA) is 64.3 Å². The van der Waals surface area contributed by atoms with Gasteiger partial charge in [0.1, 0.15) is 5.60 Å². The first-order valence-electron chi connectivity index (χ1n) is 7.66. The Labute approximate surface area is 127 Å². The summed E-state index contributed by atoms with van der Waals surface area (Å²) in [5.74, 6) is 0.876. The Hall–Kier alpha value is -1.55. The van der Waals surface area contributed by atoms with Crippen molar-refractivity contribution in [1.82, 2.24) is 5.32 Å². The SMILES string of the molecule is CC(C)(C)OC(=O)NCC(CN)c1ccc(C2CC2)cc1. The lowest BCUT2D eigenvalue weighted by atomic mass is 9.97. The average Bonchev–Trinajstić information content (AvgIpc) is 3.22. The molecule has 2 rings (SSSR count). The third kappa shape index (κ3) is 5.05. The first kappa shape index (κ1) is 15.8. The van der Waals surface area contributed by atoms with Crippen LogP contribution in [0.3, 0.4) is 0 Å². The number of ether oxygens (including phenoxy) is 1. The number of amides is 1. The summed E-state index contributed by atoms with van der Waals surface area (Å²) in [6.45, 7) is 6.55. The van der Waals surface area contributed by atoms with Crippen LogP contribution in [0.1, 0.15) is 56.6 Å². The van der Waals surface area contributed by atoms with Crippen LogP contribution in [0.25, 0.3) is 0 Å². The molecule has 1 unspecified atom stereocenters. The molecular weight excluding hydrogens is 264 g/mol. The normalized spacial score (nSPS) is 16.4. The van der Waals surface area contributed by atoms with Crippen LogP contribution in [0.5, 0.6) is 0 Å². The van der Waals surface area contributed by atoms with Gasteiger partial charge in [-0.1, -0.05) is 24.3 Å². The van der Waals surface area contributed by atoms with E-state index in [0.29, 0.717) is 13.1 Å². The molecule has 0 bridgehead atoms. The van der Waals surface area contributed by atoms with E-state index in [9.17, 15) is 4.79 Å².